The van der Waals surface area contributed by atoms with Crippen LogP contribution in [0.5, 0.6) is 0 Å². The van der Waals surface area contributed by atoms with Crippen molar-refractivity contribution in [2.24, 2.45) is 0 Å². The van der Waals surface area contributed by atoms with Crippen LogP contribution in [0, 0.1) is 3.57 Å². The predicted molar refractivity (Wildman–Crippen MR) is 89.2 cm³/mol. The molecule has 1 aliphatic heterocycles. The molecule has 0 radical (unpaired) electrons. The Morgan fingerprint density at radius 2 is 1.95 bits per heavy atom. The van der Waals surface area contributed by atoms with Crippen LogP contribution in [0.4, 0.5) is 0 Å². The molecule has 0 aromatic carbocycles. The molecular formula is C14H20ClIN4. The fourth-order valence-corrected chi connectivity index (χ4v) is 3.64. The van der Waals surface area contributed by atoms with Crippen molar-refractivity contribution in [1.29, 1.82) is 0 Å². The van der Waals surface area contributed by atoms with Gasteiger partial charge in [0.05, 0.1) is 15.3 Å². The van der Waals surface area contributed by atoms with Crippen molar-refractivity contribution >= 4 is 34.2 Å². The maximum Gasteiger partial charge on any atom is 0.148 e. The lowest BCUT2D eigenvalue weighted by Crippen LogP contribution is -2.32. The Kier molecular flexibility index (Phi) is 4.50. The maximum absolute atomic E-state index is 6.34. The molecule has 0 bridgehead atoms. The van der Waals surface area contributed by atoms with Gasteiger partial charge in [0.2, 0.25) is 0 Å². The maximum atomic E-state index is 6.34. The molecule has 0 N–H and O–H groups in total. The van der Waals surface area contributed by atoms with E-state index in [1.165, 1.54) is 25.0 Å². The fraction of sp³-hybridized carbons (Fsp3) is 0.714. The predicted octanol–water partition coefficient (Wildman–Crippen LogP) is 2.92. The van der Waals surface area contributed by atoms with Crippen molar-refractivity contribution in [1.82, 2.24) is 19.8 Å². The molecule has 3 rings (SSSR count). The van der Waals surface area contributed by atoms with Crippen LogP contribution >= 0.6 is 34.2 Å². The van der Waals surface area contributed by atoms with Gasteiger partial charge in [-0.25, -0.2) is 9.97 Å². The Bertz CT molecular complexity index is 506. The molecule has 2 aliphatic rings. The highest BCUT2D eigenvalue weighted by atomic mass is 127. The normalized spacial score (nSPS) is 25.7. The molecule has 1 saturated heterocycles. The highest BCUT2D eigenvalue weighted by molar-refractivity contribution is 14.1. The number of halogens is 2. The van der Waals surface area contributed by atoms with Gasteiger partial charge >= 0.3 is 0 Å². The van der Waals surface area contributed by atoms with Gasteiger partial charge in [-0.05, 0) is 69.0 Å². The largest absolute Gasteiger partial charge is 0.304 e. The molecule has 1 aromatic rings. The van der Waals surface area contributed by atoms with E-state index >= 15 is 0 Å². The molecule has 0 amide bonds. The van der Waals surface area contributed by atoms with Gasteiger partial charge in [-0.2, -0.15) is 0 Å². The Balaban J connectivity index is 1.95. The van der Waals surface area contributed by atoms with Gasteiger partial charge in [-0.15, -0.1) is 0 Å². The highest BCUT2D eigenvalue weighted by Gasteiger charge is 2.31. The van der Waals surface area contributed by atoms with Gasteiger partial charge in [-0.3, -0.25) is 4.90 Å². The molecule has 1 unspecified atom stereocenters. The van der Waals surface area contributed by atoms with Gasteiger partial charge < -0.3 is 4.90 Å². The van der Waals surface area contributed by atoms with Crippen LogP contribution < -0.4 is 0 Å². The van der Waals surface area contributed by atoms with Crippen molar-refractivity contribution in [2.75, 3.05) is 33.7 Å². The second kappa shape index (κ2) is 6.02. The average Bonchev–Trinajstić information content (AvgIpc) is 3.23. The summed E-state index contributed by atoms with van der Waals surface area (Å²) < 4.78 is 1.04. The van der Waals surface area contributed by atoms with E-state index in [4.69, 9.17) is 16.6 Å². The third kappa shape index (κ3) is 3.10. The van der Waals surface area contributed by atoms with E-state index < -0.39 is 0 Å². The zero-order chi connectivity index (χ0) is 14.3. The molecule has 4 nitrogen and oxygen atoms in total. The lowest BCUT2D eigenvalue weighted by atomic mass is 10.2. The molecule has 20 heavy (non-hydrogen) atoms. The quantitative estimate of drug-likeness (QED) is 0.558. The van der Waals surface area contributed by atoms with E-state index in [0.29, 0.717) is 11.1 Å². The van der Waals surface area contributed by atoms with E-state index in [-0.39, 0.29) is 6.04 Å². The van der Waals surface area contributed by atoms with Crippen LogP contribution in [0.2, 0.25) is 5.15 Å². The summed E-state index contributed by atoms with van der Waals surface area (Å²) in [5.74, 6) is 1.50. The van der Waals surface area contributed by atoms with Crippen molar-refractivity contribution in [2.45, 2.75) is 31.2 Å². The second-order valence-corrected chi connectivity index (χ2v) is 7.40. The molecule has 2 heterocycles. The summed E-state index contributed by atoms with van der Waals surface area (Å²) in [4.78, 5) is 14.2. The summed E-state index contributed by atoms with van der Waals surface area (Å²) in [6, 6.07) is 0.245. The van der Waals surface area contributed by atoms with Crippen molar-refractivity contribution in [3.8, 4) is 0 Å². The number of nitrogens with zero attached hydrogens (tertiary/aromatic N) is 4. The topological polar surface area (TPSA) is 32.3 Å². The molecule has 1 aromatic heterocycles. The van der Waals surface area contributed by atoms with Crippen LogP contribution in [0.15, 0.2) is 0 Å². The number of likely N-dealkylation sites (N-methyl/N-ethyl adjacent to an activating group) is 2. The monoisotopic (exact) mass is 406 g/mol. The Labute approximate surface area is 139 Å². The van der Waals surface area contributed by atoms with Crippen LogP contribution in [-0.4, -0.2) is 53.5 Å². The minimum Gasteiger partial charge on any atom is -0.304 e. The lowest BCUT2D eigenvalue weighted by Gasteiger charge is -2.26. The third-order valence-electron chi connectivity index (χ3n) is 4.18. The third-order valence-corrected chi connectivity index (χ3v) is 5.84. The summed E-state index contributed by atoms with van der Waals surface area (Å²) in [5, 5.41) is 0.623. The average molecular weight is 407 g/mol. The fourth-order valence-electron chi connectivity index (χ4n) is 2.78. The first-order valence-electron chi connectivity index (χ1n) is 7.18. The summed E-state index contributed by atoms with van der Waals surface area (Å²) in [6.07, 6.45) is 3.67. The summed E-state index contributed by atoms with van der Waals surface area (Å²) in [7, 11) is 4.33. The molecule has 0 spiro atoms. The number of hydrogen-bond donors (Lipinski definition) is 0. The summed E-state index contributed by atoms with van der Waals surface area (Å²) in [5.41, 5.74) is 1.17. The molecule has 1 atom stereocenters. The molecule has 1 saturated carbocycles. The Morgan fingerprint density at radius 3 is 2.65 bits per heavy atom. The second-order valence-electron chi connectivity index (χ2n) is 5.96. The van der Waals surface area contributed by atoms with E-state index in [1.54, 1.807) is 0 Å². The van der Waals surface area contributed by atoms with Gasteiger partial charge in [-0.1, -0.05) is 11.6 Å². The van der Waals surface area contributed by atoms with E-state index in [2.05, 4.69) is 51.5 Å². The van der Waals surface area contributed by atoms with Crippen LogP contribution in [0.3, 0.4) is 0 Å². The minimum absolute atomic E-state index is 0.245. The van der Waals surface area contributed by atoms with Gasteiger partial charge in [0.15, 0.2) is 0 Å². The lowest BCUT2D eigenvalue weighted by molar-refractivity contribution is 0.219. The zero-order valence-corrected chi connectivity index (χ0v) is 14.9. The number of hydrogen-bond acceptors (Lipinski definition) is 4. The van der Waals surface area contributed by atoms with E-state index in [1.807, 2.05) is 0 Å². The number of aromatic nitrogens is 2. The first-order chi connectivity index (χ1) is 9.56. The van der Waals surface area contributed by atoms with Gasteiger partial charge in [0, 0.05) is 12.5 Å². The van der Waals surface area contributed by atoms with Crippen molar-refractivity contribution in [3.63, 3.8) is 0 Å². The van der Waals surface area contributed by atoms with E-state index in [9.17, 15) is 0 Å². The molecule has 1 aliphatic carbocycles. The first-order valence-corrected chi connectivity index (χ1v) is 8.63. The number of rotatable bonds is 2. The smallest absolute Gasteiger partial charge is 0.148 e. The van der Waals surface area contributed by atoms with Crippen LogP contribution in [0.1, 0.15) is 42.7 Å². The Hall–Kier alpha value is 0.0200. The highest BCUT2D eigenvalue weighted by Crippen LogP contribution is 2.42. The molecule has 6 heteroatoms. The zero-order valence-electron chi connectivity index (χ0n) is 11.9. The Morgan fingerprint density at radius 1 is 1.20 bits per heavy atom. The first kappa shape index (κ1) is 14.9. The molecular weight excluding hydrogens is 387 g/mol. The molecule has 110 valence electrons. The van der Waals surface area contributed by atoms with Crippen LogP contribution in [0.25, 0.3) is 0 Å². The minimum atomic E-state index is 0.245. The standard InChI is InChI=1S/C14H20ClIN4/c1-19-6-3-7-20(2)10(8-19)14-17-12(9-4-5-9)11(16)13(15)18-14/h9-10H,3-8H2,1-2H3. The van der Waals surface area contributed by atoms with E-state index in [0.717, 1.165) is 29.0 Å². The van der Waals surface area contributed by atoms with Crippen molar-refractivity contribution < 1.29 is 0 Å². The summed E-state index contributed by atoms with van der Waals surface area (Å²) >= 11 is 8.63. The van der Waals surface area contributed by atoms with Gasteiger partial charge in [0.1, 0.15) is 11.0 Å². The molecule has 2 fully saturated rings. The summed E-state index contributed by atoms with van der Waals surface area (Å²) in [6.45, 7) is 3.19. The van der Waals surface area contributed by atoms with Crippen LogP contribution in [-0.2, 0) is 0 Å². The SMILES string of the molecule is CN1CCCN(C)C(c2nc(Cl)c(I)c(C3CC3)n2)C1. The van der Waals surface area contributed by atoms with Crippen molar-refractivity contribution in [3.05, 3.63) is 20.2 Å². The van der Waals surface area contributed by atoms with Gasteiger partial charge in [0.25, 0.3) is 0 Å².